The molecule has 7 nitrogen and oxygen atoms in total. The molecule has 2 aromatic carbocycles. The van der Waals surface area contributed by atoms with E-state index in [1.54, 1.807) is 17.0 Å². The first-order valence-corrected chi connectivity index (χ1v) is 12.2. The normalized spacial score (nSPS) is 17.4. The van der Waals surface area contributed by atoms with Gasteiger partial charge in [-0.2, -0.15) is 13.2 Å². The van der Waals surface area contributed by atoms with Gasteiger partial charge in [0.25, 0.3) is 0 Å². The van der Waals surface area contributed by atoms with E-state index < -0.39 is 11.7 Å². The lowest BCUT2D eigenvalue weighted by Crippen LogP contribution is -2.48. The van der Waals surface area contributed by atoms with Gasteiger partial charge in [0.15, 0.2) is 5.82 Å². The van der Waals surface area contributed by atoms with Crippen LogP contribution in [0, 0.1) is 0 Å². The lowest BCUT2D eigenvalue weighted by Gasteiger charge is -2.35. The number of rotatable bonds is 4. The second-order valence-corrected chi connectivity index (χ2v) is 9.09. The van der Waals surface area contributed by atoms with Crippen LogP contribution in [0.25, 0.3) is 11.4 Å². The van der Waals surface area contributed by atoms with Crippen LogP contribution >= 0.6 is 0 Å². The first-order valence-electron chi connectivity index (χ1n) is 12.2. The maximum atomic E-state index is 13.8. The van der Waals surface area contributed by atoms with E-state index in [0.717, 1.165) is 23.6 Å². The highest BCUT2D eigenvalue weighted by molar-refractivity contribution is 6.10. The van der Waals surface area contributed by atoms with Crippen molar-refractivity contribution in [1.29, 1.82) is 0 Å². The molecule has 0 bridgehead atoms. The van der Waals surface area contributed by atoms with E-state index in [9.17, 15) is 18.0 Å². The molecule has 1 amide bonds. The quantitative estimate of drug-likeness (QED) is 0.528. The maximum Gasteiger partial charge on any atom is 0.417 e. The molecule has 3 aromatic rings. The zero-order chi connectivity index (χ0) is 26.2. The Kier molecular flexibility index (Phi) is 6.57. The number of halogens is 3. The minimum absolute atomic E-state index is 0.00471. The number of fused-ring (bicyclic) bond motifs is 1. The number of nitrogens with one attached hydrogen (secondary N) is 1. The van der Waals surface area contributed by atoms with Crippen LogP contribution in [0.1, 0.15) is 43.0 Å². The Balaban J connectivity index is 1.56. The van der Waals surface area contributed by atoms with E-state index in [1.807, 2.05) is 29.2 Å². The molecule has 3 heterocycles. The summed E-state index contributed by atoms with van der Waals surface area (Å²) in [5.41, 5.74) is 1.16. The SMILES string of the molecule is CCC1N=C(Nc2cc(N3CCN(C(C)=O)CC3)nc(-c3ccccc3C(F)(F)F)n2)c2ccccc21. The minimum atomic E-state index is -4.56. The lowest BCUT2D eigenvalue weighted by molar-refractivity contribution is -0.137. The summed E-state index contributed by atoms with van der Waals surface area (Å²) < 4.78 is 41.5. The number of piperazine rings is 1. The van der Waals surface area contributed by atoms with Crippen molar-refractivity contribution < 1.29 is 18.0 Å². The fourth-order valence-corrected chi connectivity index (χ4v) is 4.79. The minimum Gasteiger partial charge on any atom is -0.353 e. The molecule has 37 heavy (non-hydrogen) atoms. The second-order valence-electron chi connectivity index (χ2n) is 9.09. The van der Waals surface area contributed by atoms with Crippen LogP contribution in [-0.2, 0) is 11.0 Å². The van der Waals surface area contributed by atoms with Gasteiger partial charge in [-0.15, -0.1) is 0 Å². The van der Waals surface area contributed by atoms with Gasteiger partial charge in [-0.25, -0.2) is 9.97 Å². The van der Waals surface area contributed by atoms with Gasteiger partial charge < -0.3 is 15.1 Å². The lowest BCUT2D eigenvalue weighted by atomic mass is 10.0. The van der Waals surface area contributed by atoms with Gasteiger partial charge in [0.05, 0.1) is 11.6 Å². The molecule has 1 atom stereocenters. The third kappa shape index (κ3) is 5.00. The Labute approximate surface area is 213 Å². The summed E-state index contributed by atoms with van der Waals surface area (Å²) in [5, 5.41) is 3.26. The standard InChI is InChI=1S/C27H27F3N6O/c1-3-22-18-8-4-5-9-19(18)25(31-22)32-23-16-24(36-14-12-35(13-15-36)17(2)37)34-26(33-23)20-10-6-7-11-21(20)27(28,29)30/h4-11,16,22H,3,12-15H2,1-2H3,(H,31,32,33,34). The Morgan fingerprint density at radius 1 is 1.00 bits per heavy atom. The van der Waals surface area contributed by atoms with E-state index in [0.29, 0.717) is 43.7 Å². The van der Waals surface area contributed by atoms with Crippen molar-refractivity contribution in [2.45, 2.75) is 32.5 Å². The molecule has 5 rings (SSSR count). The van der Waals surface area contributed by atoms with E-state index in [4.69, 9.17) is 4.99 Å². The van der Waals surface area contributed by atoms with E-state index in [2.05, 4.69) is 22.2 Å². The molecule has 0 radical (unpaired) electrons. The molecular weight excluding hydrogens is 481 g/mol. The number of nitrogens with zero attached hydrogens (tertiary/aromatic N) is 5. The molecule has 1 unspecified atom stereocenters. The van der Waals surface area contributed by atoms with Crippen LogP contribution < -0.4 is 10.2 Å². The van der Waals surface area contributed by atoms with Crippen molar-refractivity contribution in [2.24, 2.45) is 4.99 Å². The number of aliphatic imine (C=N–C) groups is 1. The van der Waals surface area contributed by atoms with E-state index >= 15 is 0 Å². The number of hydrogen-bond acceptors (Lipinski definition) is 6. The molecule has 0 aliphatic carbocycles. The number of carbonyl (C=O) groups is 1. The molecule has 10 heteroatoms. The van der Waals surface area contributed by atoms with Crippen molar-refractivity contribution in [2.75, 3.05) is 36.4 Å². The number of carbonyl (C=O) groups excluding carboxylic acids is 1. The molecule has 192 valence electrons. The smallest absolute Gasteiger partial charge is 0.353 e. The predicted molar refractivity (Wildman–Crippen MR) is 137 cm³/mol. The van der Waals surface area contributed by atoms with Gasteiger partial charge in [-0.1, -0.05) is 49.4 Å². The summed E-state index contributed by atoms with van der Waals surface area (Å²) >= 11 is 0. The van der Waals surface area contributed by atoms with Crippen molar-refractivity contribution in [3.05, 3.63) is 71.3 Å². The summed E-state index contributed by atoms with van der Waals surface area (Å²) in [6, 6.07) is 15.0. The molecular formula is C27H27F3N6O. The summed E-state index contributed by atoms with van der Waals surface area (Å²) in [4.78, 5) is 29.3. The van der Waals surface area contributed by atoms with Crippen molar-refractivity contribution >= 4 is 23.4 Å². The van der Waals surface area contributed by atoms with Gasteiger partial charge >= 0.3 is 6.18 Å². The largest absolute Gasteiger partial charge is 0.417 e. The number of amides is 1. The molecule has 1 saturated heterocycles. The highest BCUT2D eigenvalue weighted by Gasteiger charge is 2.34. The molecule has 1 N–H and O–H groups in total. The van der Waals surface area contributed by atoms with Gasteiger partial charge in [0.2, 0.25) is 5.91 Å². The summed E-state index contributed by atoms with van der Waals surface area (Å²) in [5.74, 6) is 1.44. The van der Waals surface area contributed by atoms with Crippen LogP contribution in [0.4, 0.5) is 24.8 Å². The molecule has 1 fully saturated rings. The summed E-state index contributed by atoms with van der Waals surface area (Å²) in [6.07, 6.45) is -3.73. The monoisotopic (exact) mass is 508 g/mol. The number of amidine groups is 1. The Morgan fingerprint density at radius 2 is 1.68 bits per heavy atom. The molecule has 2 aliphatic heterocycles. The van der Waals surface area contributed by atoms with Gasteiger partial charge in [0.1, 0.15) is 17.5 Å². The zero-order valence-corrected chi connectivity index (χ0v) is 20.6. The molecule has 0 spiro atoms. The van der Waals surface area contributed by atoms with Gasteiger partial charge in [0, 0.05) is 50.3 Å². The third-order valence-electron chi connectivity index (χ3n) is 6.73. The predicted octanol–water partition coefficient (Wildman–Crippen LogP) is 5.15. The first kappa shape index (κ1) is 24.7. The number of alkyl halides is 3. The second kappa shape index (κ2) is 9.84. The van der Waals surface area contributed by atoms with Gasteiger partial charge in [-0.05, 0) is 18.1 Å². The third-order valence-corrected chi connectivity index (χ3v) is 6.73. The molecule has 0 saturated carbocycles. The first-order chi connectivity index (χ1) is 17.7. The van der Waals surface area contributed by atoms with Crippen LogP contribution in [-0.4, -0.2) is 52.8 Å². The van der Waals surface area contributed by atoms with E-state index in [1.165, 1.54) is 19.1 Å². The number of aromatic nitrogens is 2. The molecule has 1 aromatic heterocycles. The van der Waals surface area contributed by atoms with Crippen molar-refractivity contribution in [1.82, 2.24) is 14.9 Å². The van der Waals surface area contributed by atoms with Gasteiger partial charge in [-0.3, -0.25) is 9.79 Å². The highest BCUT2D eigenvalue weighted by Crippen LogP contribution is 2.37. The van der Waals surface area contributed by atoms with Crippen LogP contribution in [0.15, 0.2) is 59.6 Å². The topological polar surface area (TPSA) is 73.7 Å². The average molecular weight is 509 g/mol. The zero-order valence-electron chi connectivity index (χ0n) is 20.6. The van der Waals surface area contributed by atoms with Crippen molar-refractivity contribution in [3.8, 4) is 11.4 Å². The number of benzene rings is 2. The van der Waals surface area contributed by atoms with Crippen LogP contribution in [0.2, 0.25) is 0 Å². The fourth-order valence-electron chi connectivity index (χ4n) is 4.79. The molecule has 2 aliphatic rings. The average Bonchev–Trinajstić information content (AvgIpc) is 3.25. The maximum absolute atomic E-state index is 13.8. The summed E-state index contributed by atoms with van der Waals surface area (Å²) in [7, 11) is 0. The number of anilines is 2. The fraction of sp³-hybridized carbons (Fsp3) is 0.333. The number of hydrogen-bond donors (Lipinski definition) is 1. The Hall–Kier alpha value is -3.95. The van der Waals surface area contributed by atoms with Crippen LogP contribution in [0.3, 0.4) is 0 Å². The van der Waals surface area contributed by atoms with E-state index in [-0.39, 0.29) is 23.3 Å². The highest BCUT2D eigenvalue weighted by atomic mass is 19.4. The van der Waals surface area contributed by atoms with Crippen LogP contribution in [0.5, 0.6) is 0 Å². The Bertz CT molecular complexity index is 1350. The van der Waals surface area contributed by atoms with Crippen molar-refractivity contribution in [3.63, 3.8) is 0 Å². The summed E-state index contributed by atoms with van der Waals surface area (Å²) in [6.45, 7) is 5.63. The Morgan fingerprint density at radius 3 is 2.35 bits per heavy atom.